The monoisotopic (exact) mass is 482 g/mol. The van der Waals surface area contributed by atoms with Gasteiger partial charge in [-0.15, -0.1) is 6.42 Å². The number of terminal acetylenes is 1. The van der Waals surface area contributed by atoms with E-state index in [0.29, 0.717) is 28.6 Å². The predicted molar refractivity (Wildman–Crippen MR) is 139 cm³/mol. The van der Waals surface area contributed by atoms with Gasteiger partial charge in [0.25, 0.3) is 0 Å². The zero-order valence-corrected chi connectivity index (χ0v) is 20.1. The average molecular weight is 483 g/mol. The molecule has 0 saturated carbocycles. The number of hydrogen-bond donors (Lipinski definition) is 1. The van der Waals surface area contributed by atoms with Crippen molar-refractivity contribution in [1.29, 1.82) is 0 Å². The molecule has 1 N–H and O–H groups in total. The number of nitrogens with zero attached hydrogens (tertiary/aromatic N) is 2. The molecule has 0 radical (unpaired) electrons. The first kappa shape index (κ1) is 24.6. The fraction of sp³-hybridized carbons (Fsp3) is 0.207. The van der Waals surface area contributed by atoms with Crippen LogP contribution in [-0.4, -0.2) is 33.8 Å². The molecule has 0 aliphatic rings. The Balaban J connectivity index is 1.76. The van der Waals surface area contributed by atoms with Gasteiger partial charge in [0.1, 0.15) is 18.1 Å². The summed E-state index contributed by atoms with van der Waals surface area (Å²) >= 11 is 0. The number of benzene rings is 3. The lowest BCUT2D eigenvalue weighted by Crippen LogP contribution is -2.24. The van der Waals surface area contributed by atoms with Crippen LogP contribution in [0.15, 0.2) is 71.5 Å². The Bertz CT molecular complexity index is 1480. The van der Waals surface area contributed by atoms with Crippen LogP contribution >= 0.6 is 0 Å². The minimum Gasteiger partial charge on any atom is -0.482 e. The quantitative estimate of drug-likeness (QED) is 0.348. The molecule has 7 heteroatoms. The van der Waals surface area contributed by atoms with Gasteiger partial charge in [-0.2, -0.15) is 4.98 Å². The summed E-state index contributed by atoms with van der Waals surface area (Å²) in [5.74, 6) is 2.83. The number of aliphatic carboxylic acids is 1. The number of hydrogen-bond acceptors (Lipinski definition) is 5. The summed E-state index contributed by atoms with van der Waals surface area (Å²) in [4.78, 5) is 28.4. The molecule has 7 nitrogen and oxygen atoms in total. The van der Waals surface area contributed by atoms with Crippen LogP contribution in [0.3, 0.4) is 0 Å². The molecule has 0 amide bonds. The topological polar surface area (TPSA) is 90.6 Å². The van der Waals surface area contributed by atoms with Crippen LogP contribution in [0.1, 0.15) is 30.9 Å². The first-order chi connectivity index (χ1) is 17.4. The van der Waals surface area contributed by atoms with Crippen LogP contribution in [0.2, 0.25) is 0 Å². The summed E-state index contributed by atoms with van der Waals surface area (Å²) in [7, 11) is 0. The molecular weight excluding hydrogens is 456 g/mol. The normalized spacial score (nSPS) is 10.8. The van der Waals surface area contributed by atoms with E-state index in [-0.39, 0.29) is 18.8 Å². The molecule has 182 valence electrons. The molecule has 0 unspecified atom stereocenters. The number of fused-ring (bicyclic) bond motifs is 1. The first-order valence-electron chi connectivity index (χ1n) is 11.5. The summed E-state index contributed by atoms with van der Waals surface area (Å²) < 4.78 is 12.4. The third-order valence-electron chi connectivity index (χ3n) is 5.75. The predicted octanol–water partition coefficient (Wildman–Crippen LogP) is 4.71. The highest BCUT2D eigenvalue weighted by Crippen LogP contribution is 2.30. The summed E-state index contributed by atoms with van der Waals surface area (Å²) in [6.45, 7) is 4.25. The van der Waals surface area contributed by atoms with Gasteiger partial charge in [0.15, 0.2) is 6.61 Å². The number of rotatable bonds is 9. The van der Waals surface area contributed by atoms with Crippen LogP contribution in [0, 0.1) is 12.3 Å². The molecule has 0 saturated heterocycles. The zero-order valence-electron chi connectivity index (χ0n) is 20.1. The Morgan fingerprint density at radius 2 is 1.72 bits per heavy atom. The first-order valence-corrected chi connectivity index (χ1v) is 11.5. The summed E-state index contributed by atoms with van der Waals surface area (Å²) in [6.07, 6.45) is 5.35. The second-order valence-electron chi connectivity index (χ2n) is 8.60. The van der Waals surface area contributed by atoms with Crippen molar-refractivity contribution >= 4 is 16.9 Å². The fourth-order valence-corrected chi connectivity index (χ4v) is 3.89. The largest absolute Gasteiger partial charge is 0.482 e. The van der Waals surface area contributed by atoms with Gasteiger partial charge in [-0.05, 0) is 47.4 Å². The Labute approximate surface area is 209 Å². The molecule has 1 heterocycles. The highest BCUT2D eigenvalue weighted by atomic mass is 16.5. The van der Waals surface area contributed by atoms with Crippen molar-refractivity contribution in [3.05, 3.63) is 88.3 Å². The van der Waals surface area contributed by atoms with E-state index in [9.17, 15) is 9.59 Å². The van der Waals surface area contributed by atoms with Crippen molar-refractivity contribution in [2.24, 2.45) is 0 Å². The molecule has 3 aromatic carbocycles. The van der Waals surface area contributed by atoms with Gasteiger partial charge in [-0.1, -0.05) is 56.2 Å². The van der Waals surface area contributed by atoms with Crippen LogP contribution in [0.5, 0.6) is 11.5 Å². The molecule has 36 heavy (non-hydrogen) atoms. The highest BCUT2D eigenvalue weighted by molar-refractivity contribution is 5.93. The molecule has 0 atom stereocenters. The van der Waals surface area contributed by atoms with Gasteiger partial charge in [-0.25, -0.2) is 9.59 Å². The SMILES string of the molecule is C#CCOc1ccc2c(c1)c(-c1ccc(C(C)C)cc1)nc(=O)n2Cc1ccc(OCC(=O)O)cc1. The minimum atomic E-state index is -1.05. The Morgan fingerprint density at radius 1 is 1.03 bits per heavy atom. The van der Waals surface area contributed by atoms with Gasteiger partial charge in [0.2, 0.25) is 0 Å². The summed E-state index contributed by atoms with van der Waals surface area (Å²) in [6, 6.07) is 20.4. The van der Waals surface area contributed by atoms with E-state index in [1.54, 1.807) is 34.9 Å². The van der Waals surface area contributed by atoms with Crippen molar-refractivity contribution in [1.82, 2.24) is 9.55 Å². The van der Waals surface area contributed by atoms with E-state index in [4.69, 9.17) is 21.0 Å². The lowest BCUT2D eigenvalue weighted by molar-refractivity contribution is -0.139. The number of carbonyl (C=O) groups is 1. The lowest BCUT2D eigenvalue weighted by atomic mass is 9.99. The van der Waals surface area contributed by atoms with Crippen LogP contribution in [0.4, 0.5) is 0 Å². The number of ether oxygens (including phenoxy) is 2. The molecule has 4 aromatic rings. The third-order valence-corrected chi connectivity index (χ3v) is 5.75. The second-order valence-corrected chi connectivity index (χ2v) is 8.60. The van der Waals surface area contributed by atoms with Crippen molar-refractivity contribution in [2.75, 3.05) is 13.2 Å². The maximum absolute atomic E-state index is 13.2. The molecule has 0 fully saturated rings. The van der Waals surface area contributed by atoms with Crippen LogP contribution < -0.4 is 15.2 Å². The summed E-state index contributed by atoms with van der Waals surface area (Å²) in [5, 5.41) is 9.54. The Morgan fingerprint density at radius 3 is 2.36 bits per heavy atom. The molecule has 0 aliphatic carbocycles. The molecule has 0 spiro atoms. The Kier molecular flexibility index (Phi) is 7.36. The fourth-order valence-electron chi connectivity index (χ4n) is 3.89. The van der Waals surface area contributed by atoms with Crippen molar-refractivity contribution in [3.63, 3.8) is 0 Å². The molecular formula is C29H26N2O5. The van der Waals surface area contributed by atoms with E-state index in [1.165, 1.54) is 5.56 Å². The molecule has 0 bridgehead atoms. The second kappa shape index (κ2) is 10.8. The minimum absolute atomic E-state index is 0.132. The van der Waals surface area contributed by atoms with Gasteiger partial charge in [0.05, 0.1) is 17.8 Å². The van der Waals surface area contributed by atoms with Gasteiger partial charge < -0.3 is 14.6 Å². The van der Waals surface area contributed by atoms with E-state index in [2.05, 4.69) is 24.8 Å². The van der Waals surface area contributed by atoms with E-state index in [1.807, 2.05) is 36.4 Å². The smallest absolute Gasteiger partial charge is 0.348 e. The maximum Gasteiger partial charge on any atom is 0.348 e. The number of carboxylic acids is 1. The van der Waals surface area contributed by atoms with Gasteiger partial charge in [-0.3, -0.25) is 4.57 Å². The molecule has 4 rings (SSSR count). The lowest BCUT2D eigenvalue weighted by Gasteiger charge is -2.15. The van der Waals surface area contributed by atoms with Crippen LogP contribution in [0.25, 0.3) is 22.2 Å². The standard InChI is InChI=1S/C29H26N2O5/c1-4-15-35-24-13-14-26-25(16-24)28(22-9-7-21(8-10-22)19(2)3)30-29(34)31(26)17-20-5-11-23(12-6-20)36-18-27(32)33/h1,5-14,16,19H,15,17-18H2,2-3H3,(H,32,33). The number of carboxylic acid groups (broad SMARTS) is 1. The maximum atomic E-state index is 13.2. The van der Waals surface area contributed by atoms with Crippen molar-refractivity contribution < 1.29 is 19.4 Å². The summed E-state index contributed by atoms with van der Waals surface area (Å²) in [5.41, 5.74) is 3.77. The van der Waals surface area contributed by atoms with Crippen molar-refractivity contribution in [2.45, 2.75) is 26.3 Å². The Hall–Kier alpha value is -4.57. The highest BCUT2D eigenvalue weighted by Gasteiger charge is 2.14. The van der Waals surface area contributed by atoms with E-state index < -0.39 is 12.6 Å². The third kappa shape index (κ3) is 5.56. The molecule has 1 aromatic heterocycles. The van der Waals surface area contributed by atoms with E-state index in [0.717, 1.165) is 16.5 Å². The van der Waals surface area contributed by atoms with Gasteiger partial charge >= 0.3 is 11.7 Å². The van der Waals surface area contributed by atoms with E-state index >= 15 is 0 Å². The average Bonchev–Trinajstić information content (AvgIpc) is 2.88. The van der Waals surface area contributed by atoms with Gasteiger partial charge in [0, 0.05) is 10.9 Å². The molecule has 0 aliphatic heterocycles. The van der Waals surface area contributed by atoms with Crippen molar-refractivity contribution in [3.8, 4) is 35.1 Å². The number of aromatic nitrogens is 2. The van der Waals surface area contributed by atoms with Crippen LogP contribution in [-0.2, 0) is 11.3 Å². The zero-order chi connectivity index (χ0) is 25.7.